The van der Waals surface area contributed by atoms with Crippen molar-refractivity contribution < 1.29 is 4.74 Å². The molecule has 0 saturated carbocycles. The molecular weight excluding hydrogens is 278 g/mol. The number of hydrogen-bond donors (Lipinski definition) is 1. The van der Waals surface area contributed by atoms with Crippen LogP contribution in [0.1, 0.15) is 11.1 Å². The van der Waals surface area contributed by atoms with E-state index in [0.717, 1.165) is 27.1 Å². The molecule has 2 aromatic rings. The predicted octanol–water partition coefficient (Wildman–Crippen LogP) is 4.31. The Bertz CT molecular complexity index is 620. The Balaban J connectivity index is 2.16. The summed E-state index contributed by atoms with van der Waals surface area (Å²) in [6.45, 7) is 0. The highest BCUT2D eigenvalue weighted by Gasteiger charge is 2.10. The Morgan fingerprint density at radius 3 is 2.59 bits per heavy atom. The molecule has 1 aliphatic rings. The fourth-order valence-corrected chi connectivity index (χ4v) is 2.20. The smallest absolute Gasteiger partial charge is 0.136 e. The number of halogens is 1. The van der Waals surface area contributed by atoms with Crippen LogP contribution < -0.4 is 10.5 Å². The van der Waals surface area contributed by atoms with Crippen molar-refractivity contribution in [1.82, 2.24) is 0 Å². The number of anilines is 1. The molecule has 0 bridgehead atoms. The number of rotatable bonds is 0. The molecule has 84 valence electrons. The van der Waals surface area contributed by atoms with Crippen LogP contribution in [0, 0.1) is 0 Å². The summed E-state index contributed by atoms with van der Waals surface area (Å²) >= 11 is 3.45. The van der Waals surface area contributed by atoms with Crippen molar-refractivity contribution in [2.24, 2.45) is 0 Å². The van der Waals surface area contributed by atoms with Gasteiger partial charge >= 0.3 is 0 Å². The van der Waals surface area contributed by atoms with Crippen LogP contribution in [-0.2, 0) is 0 Å². The molecule has 0 atom stereocenters. The van der Waals surface area contributed by atoms with Crippen molar-refractivity contribution in [2.75, 3.05) is 5.73 Å². The topological polar surface area (TPSA) is 35.2 Å². The minimum atomic E-state index is 0.706. The summed E-state index contributed by atoms with van der Waals surface area (Å²) < 4.78 is 6.91. The maximum Gasteiger partial charge on any atom is 0.136 e. The van der Waals surface area contributed by atoms with E-state index in [9.17, 15) is 0 Å². The molecule has 2 N–H and O–H groups in total. The summed E-state index contributed by atoms with van der Waals surface area (Å²) in [5.74, 6) is 1.64. The molecule has 0 saturated heterocycles. The second-order valence-corrected chi connectivity index (χ2v) is 4.83. The summed E-state index contributed by atoms with van der Waals surface area (Å²) in [7, 11) is 0. The van der Waals surface area contributed by atoms with Gasteiger partial charge in [0.05, 0.1) is 0 Å². The van der Waals surface area contributed by atoms with Gasteiger partial charge in [0.2, 0.25) is 0 Å². The zero-order valence-electron chi connectivity index (χ0n) is 8.98. The summed E-state index contributed by atoms with van der Waals surface area (Å²) in [5, 5.41) is 0. The normalized spacial score (nSPS) is 12.3. The van der Waals surface area contributed by atoms with Crippen molar-refractivity contribution in [3.05, 3.63) is 52.0 Å². The molecule has 17 heavy (non-hydrogen) atoms. The summed E-state index contributed by atoms with van der Waals surface area (Å²) in [4.78, 5) is 0. The van der Waals surface area contributed by atoms with E-state index in [2.05, 4.69) is 15.9 Å². The van der Waals surface area contributed by atoms with E-state index in [-0.39, 0.29) is 0 Å². The van der Waals surface area contributed by atoms with E-state index in [1.54, 1.807) is 0 Å². The molecule has 1 heterocycles. The maximum absolute atomic E-state index is 5.87. The molecule has 2 nitrogen and oxygen atoms in total. The number of hydrogen-bond acceptors (Lipinski definition) is 2. The number of ether oxygens (including phenoxy) is 1. The van der Waals surface area contributed by atoms with Gasteiger partial charge in [-0.05, 0) is 30.3 Å². The lowest BCUT2D eigenvalue weighted by atomic mass is 10.1. The molecule has 2 aromatic carbocycles. The molecule has 3 rings (SSSR count). The summed E-state index contributed by atoms with van der Waals surface area (Å²) in [5.41, 5.74) is 8.56. The van der Waals surface area contributed by atoms with Crippen LogP contribution in [0.3, 0.4) is 0 Å². The predicted molar refractivity (Wildman–Crippen MR) is 74.0 cm³/mol. The fourth-order valence-electron chi connectivity index (χ4n) is 1.82. The quantitative estimate of drug-likeness (QED) is 0.626. The van der Waals surface area contributed by atoms with E-state index < -0.39 is 0 Å². The highest BCUT2D eigenvalue weighted by Crippen LogP contribution is 2.36. The van der Waals surface area contributed by atoms with Crippen LogP contribution >= 0.6 is 15.9 Å². The monoisotopic (exact) mass is 287 g/mol. The molecule has 0 spiro atoms. The summed E-state index contributed by atoms with van der Waals surface area (Å²) in [6, 6.07) is 11.6. The van der Waals surface area contributed by atoms with E-state index in [0.29, 0.717) is 5.69 Å². The standard InChI is InChI=1S/C14H10BrNO/c15-11-4-6-13-10(7-11)2-1-9-3-5-12(16)8-14(9)17-13/h1-8H,16H2. The van der Waals surface area contributed by atoms with Gasteiger partial charge in [0.15, 0.2) is 0 Å². The first-order chi connectivity index (χ1) is 8.22. The van der Waals surface area contributed by atoms with Gasteiger partial charge in [-0.25, -0.2) is 0 Å². The van der Waals surface area contributed by atoms with E-state index >= 15 is 0 Å². The Kier molecular flexibility index (Phi) is 2.41. The van der Waals surface area contributed by atoms with Crippen LogP contribution in [-0.4, -0.2) is 0 Å². The second kappa shape index (κ2) is 3.93. The Morgan fingerprint density at radius 1 is 0.882 bits per heavy atom. The molecule has 1 aliphatic heterocycles. The Hall–Kier alpha value is -1.74. The van der Waals surface area contributed by atoms with Gasteiger partial charge in [-0.2, -0.15) is 0 Å². The first-order valence-corrected chi connectivity index (χ1v) is 6.07. The van der Waals surface area contributed by atoms with E-state index in [1.807, 2.05) is 48.6 Å². The van der Waals surface area contributed by atoms with Crippen molar-refractivity contribution in [1.29, 1.82) is 0 Å². The van der Waals surface area contributed by atoms with Crippen molar-refractivity contribution in [3.8, 4) is 11.5 Å². The minimum Gasteiger partial charge on any atom is -0.456 e. The number of benzene rings is 2. The number of fused-ring (bicyclic) bond motifs is 2. The molecule has 0 aromatic heterocycles. The zero-order chi connectivity index (χ0) is 11.8. The lowest BCUT2D eigenvalue weighted by molar-refractivity contribution is 0.481. The summed E-state index contributed by atoms with van der Waals surface area (Å²) in [6.07, 6.45) is 4.08. The lowest BCUT2D eigenvalue weighted by Gasteiger charge is -2.09. The SMILES string of the molecule is Nc1ccc2c(c1)Oc1ccc(Br)cc1C=C2. The number of nitrogens with two attached hydrogens (primary N) is 1. The van der Waals surface area contributed by atoms with Gasteiger partial charge in [0, 0.05) is 27.4 Å². The third-order valence-corrected chi connectivity index (χ3v) is 3.17. The highest BCUT2D eigenvalue weighted by molar-refractivity contribution is 9.10. The van der Waals surface area contributed by atoms with Crippen LogP contribution in [0.2, 0.25) is 0 Å². The van der Waals surface area contributed by atoms with Gasteiger partial charge in [-0.3, -0.25) is 0 Å². The van der Waals surface area contributed by atoms with Gasteiger partial charge < -0.3 is 10.5 Å². The van der Waals surface area contributed by atoms with E-state index in [1.165, 1.54) is 0 Å². The largest absolute Gasteiger partial charge is 0.456 e. The van der Waals surface area contributed by atoms with Gasteiger partial charge in [0.25, 0.3) is 0 Å². The lowest BCUT2D eigenvalue weighted by Crippen LogP contribution is -1.90. The molecule has 0 amide bonds. The molecule has 3 heteroatoms. The zero-order valence-corrected chi connectivity index (χ0v) is 10.6. The second-order valence-electron chi connectivity index (χ2n) is 3.91. The van der Waals surface area contributed by atoms with E-state index in [4.69, 9.17) is 10.5 Å². The Labute approximate surface area is 108 Å². The van der Waals surface area contributed by atoms with Gasteiger partial charge in [-0.1, -0.05) is 28.1 Å². The minimum absolute atomic E-state index is 0.706. The highest BCUT2D eigenvalue weighted by atomic mass is 79.9. The molecule has 0 radical (unpaired) electrons. The maximum atomic E-state index is 5.87. The Morgan fingerprint density at radius 2 is 1.71 bits per heavy atom. The third-order valence-electron chi connectivity index (χ3n) is 2.67. The van der Waals surface area contributed by atoms with Crippen molar-refractivity contribution in [3.63, 3.8) is 0 Å². The fraction of sp³-hybridized carbons (Fsp3) is 0. The first kappa shape index (κ1) is 10.4. The van der Waals surface area contributed by atoms with Crippen LogP contribution in [0.25, 0.3) is 12.2 Å². The van der Waals surface area contributed by atoms with Crippen molar-refractivity contribution >= 4 is 33.8 Å². The molecule has 0 unspecified atom stereocenters. The van der Waals surface area contributed by atoms with Gasteiger partial charge in [0.1, 0.15) is 11.5 Å². The number of nitrogen functional groups attached to an aromatic ring is 1. The average molecular weight is 288 g/mol. The molecule has 0 aliphatic carbocycles. The average Bonchev–Trinajstić information content (AvgIpc) is 2.47. The molecular formula is C14H10BrNO. The van der Waals surface area contributed by atoms with Crippen LogP contribution in [0.5, 0.6) is 11.5 Å². The molecule has 0 fully saturated rings. The van der Waals surface area contributed by atoms with Crippen LogP contribution in [0.4, 0.5) is 5.69 Å². The van der Waals surface area contributed by atoms with Crippen LogP contribution in [0.15, 0.2) is 40.9 Å². The van der Waals surface area contributed by atoms with Crippen molar-refractivity contribution in [2.45, 2.75) is 0 Å². The first-order valence-electron chi connectivity index (χ1n) is 5.27. The van der Waals surface area contributed by atoms with Gasteiger partial charge in [-0.15, -0.1) is 0 Å². The third kappa shape index (κ3) is 1.94.